The highest BCUT2D eigenvalue weighted by molar-refractivity contribution is 5.87. The number of aromatic carboxylic acids is 1. The lowest BCUT2D eigenvalue weighted by Crippen LogP contribution is -2.07. The summed E-state index contributed by atoms with van der Waals surface area (Å²) >= 11 is 0. The second-order valence-electron chi connectivity index (χ2n) is 3.68. The van der Waals surface area contributed by atoms with Crippen LogP contribution in [-0.4, -0.2) is 26.0 Å². The second kappa shape index (κ2) is 5.22. The van der Waals surface area contributed by atoms with E-state index < -0.39 is 5.97 Å². The molecule has 0 unspecified atom stereocenters. The van der Waals surface area contributed by atoms with E-state index in [1.54, 1.807) is 12.4 Å². The van der Waals surface area contributed by atoms with Gasteiger partial charge in [-0.25, -0.2) is 9.78 Å². The molecule has 0 amide bonds. The zero-order valence-electron chi connectivity index (χ0n) is 9.79. The molecule has 2 aromatic heterocycles. The minimum atomic E-state index is -0.964. The van der Waals surface area contributed by atoms with Gasteiger partial charge in [-0.2, -0.15) is 0 Å². The van der Waals surface area contributed by atoms with Crippen LogP contribution in [0.5, 0.6) is 0 Å². The Morgan fingerprint density at radius 3 is 2.78 bits per heavy atom. The van der Waals surface area contributed by atoms with Gasteiger partial charge < -0.3 is 10.4 Å². The molecular weight excluding hydrogens is 232 g/mol. The van der Waals surface area contributed by atoms with Crippen LogP contribution in [-0.2, 0) is 6.54 Å². The van der Waals surface area contributed by atoms with Gasteiger partial charge in [-0.15, -0.1) is 0 Å². The molecule has 0 saturated heterocycles. The van der Waals surface area contributed by atoms with Crippen LogP contribution in [0.3, 0.4) is 0 Å². The molecule has 6 nitrogen and oxygen atoms in total. The number of aryl methyl sites for hydroxylation is 1. The summed E-state index contributed by atoms with van der Waals surface area (Å²) in [5.41, 5.74) is 1.64. The summed E-state index contributed by atoms with van der Waals surface area (Å²) in [5, 5.41) is 11.9. The highest BCUT2D eigenvalue weighted by Gasteiger charge is 2.05. The summed E-state index contributed by atoms with van der Waals surface area (Å²) in [5.74, 6) is -0.297. The van der Waals surface area contributed by atoms with Crippen LogP contribution in [0, 0.1) is 6.92 Å². The minimum absolute atomic E-state index is 0.220. The van der Waals surface area contributed by atoms with Crippen molar-refractivity contribution in [1.82, 2.24) is 15.0 Å². The van der Waals surface area contributed by atoms with E-state index in [1.807, 2.05) is 6.92 Å². The Hall–Kier alpha value is -2.50. The van der Waals surface area contributed by atoms with E-state index in [0.29, 0.717) is 18.1 Å². The summed E-state index contributed by atoms with van der Waals surface area (Å²) in [7, 11) is 0. The molecule has 2 N–H and O–H groups in total. The molecular formula is C12H12N4O2. The van der Waals surface area contributed by atoms with Gasteiger partial charge in [-0.1, -0.05) is 0 Å². The molecule has 0 atom stereocenters. The van der Waals surface area contributed by atoms with Crippen molar-refractivity contribution < 1.29 is 9.90 Å². The first-order valence-electron chi connectivity index (χ1n) is 5.36. The van der Waals surface area contributed by atoms with Crippen molar-refractivity contribution >= 4 is 11.8 Å². The fourth-order valence-corrected chi connectivity index (χ4v) is 1.46. The molecule has 6 heteroatoms. The molecule has 0 saturated carbocycles. The third kappa shape index (κ3) is 2.79. The number of nitrogens with zero attached hydrogens (tertiary/aromatic N) is 3. The summed E-state index contributed by atoms with van der Waals surface area (Å²) in [6, 6.07) is 2.99. The monoisotopic (exact) mass is 244 g/mol. The van der Waals surface area contributed by atoms with Gasteiger partial charge in [0, 0.05) is 18.6 Å². The molecule has 0 bridgehead atoms. The van der Waals surface area contributed by atoms with Gasteiger partial charge in [0.1, 0.15) is 5.82 Å². The average Bonchev–Trinajstić information content (AvgIpc) is 2.38. The van der Waals surface area contributed by atoms with Crippen molar-refractivity contribution in [3.05, 3.63) is 47.7 Å². The predicted molar refractivity (Wildman–Crippen MR) is 65.3 cm³/mol. The molecule has 18 heavy (non-hydrogen) atoms. The first-order valence-corrected chi connectivity index (χ1v) is 5.36. The van der Waals surface area contributed by atoms with E-state index in [-0.39, 0.29) is 5.56 Å². The molecule has 0 fully saturated rings. The number of carboxylic acids is 1. The van der Waals surface area contributed by atoms with E-state index in [0.717, 1.165) is 5.69 Å². The highest BCUT2D eigenvalue weighted by atomic mass is 16.4. The Labute approximate surface area is 104 Å². The Kier molecular flexibility index (Phi) is 3.47. The number of nitrogens with one attached hydrogen (secondary N) is 1. The SMILES string of the molecule is Cc1nccnc1NCc1cc(C(=O)O)ccn1. The molecule has 2 rings (SSSR count). The standard InChI is InChI=1S/C12H12N4O2/c1-8-11(15-5-4-13-8)16-7-10-6-9(12(17)18)2-3-14-10/h2-6H,7H2,1H3,(H,15,16)(H,17,18). The van der Waals surface area contributed by atoms with Crippen LogP contribution in [0.25, 0.3) is 0 Å². The molecule has 0 aliphatic rings. The number of pyridine rings is 1. The highest BCUT2D eigenvalue weighted by Crippen LogP contribution is 2.08. The van der Waals surface area contributed by atoms with Crippen LogP contribution < -0.4 is 5.32 Å². The van der Waals surface area contributed by atoms with Crippen LogP contribution in [0.1, 0.15) is 21.7 Å². The zero-order chi connectivity index (χ0) is 13.0. The van der Waals surface area contributed by atoms with E-state index in [1.165, 1.54) is 18.3 Å². The fraction of sp³-hybridized carbons (Fsp3) is 0.167. The van der Waals surface area contributed by atoms with Crippen molar-refractivity contribution in [1.29, 1.82) is 0 Å². The fourth-order valence-electron chi connectivity index (χ4n) is 1.46. The van der Waals surface area contributed by atoms with Gasteiger partial charge in [0.15, 0.2) is 0 Å². The first kappa shape index (κ1) is 12.0. The topological polar surface area (TPSA) is 88.0 Å². The summed E-state index contributed by atoms with van der Waals surface area (Å²) in [6.45, 7) is 2.25. The van der Waals surface area contributed by atoms with E-state index in [4.69, 9.17) is 5.11 Å². The normalized spacial score (nSPS) is 10.1. The maximum Gasteiger partial charge on any atom is 0.335 e. The average molecular weight is 244 g/mol. The molecule has 0 aliphatic carbocycles. The zero-order valence-corrected chi connectivity index (χ0v) is 9.79. The third-order valence-electron chi connectivity index (χ3n) is 2.38. The summed E-state index contributed by atoms with van der Waals surface area (Å²) < 4.78 is 0. The molecule has 92 valence electrons. The maximum absolute atomic E-state index is 10.8. The Bertz CT molecular complexity index is 572. The molecule has 0 spiro atoms. The second-order valence-corrected chi connectivity index (χ2v) is 3.68. The van der Waals surface area contributed by atoms with Gasteiger partial charge >= 0.3 is 5.97 Å². The van der Waals surface area contributed by atoms with E-state index >= 15 is 0 Å². The molecule has 0 radical (unpaired) electrons. The number of anilines is 1. The largest absolute Gasteiger partial charge is 0.478 e. The first-order chi connectivity index (χ1) is 8.66. The Morgan fingerprint density at radius 2 is 2.06 bits per heavy atom. The lowest BCUT2D eigenvalue weighted by molar-refractivity contribution is 0.0696. The number of rotatable bonds is 4. The Balaban J connectivity index is 2.09. The molecule has 2 aromatic rings. The van der Waals surface area contributed by atoms with Gasteiger partial charge in [0.2, 0.25) is 0 Å². The van der Waals surface area contributed by atoms with Gasteiger partial charge in [-0.3, -0.25) is 9.97 Å². The van der Waals surface area contributed by atoms with E-state index in [9.17, 15) is 4.79 Å². The van der Waals surface area contributed by atoms with Crippen LogP contribution >= 0.6 is 0 Å². The van der Waals surface area contributed by atoms with Crippen molar-refractivity contribution in [2.75, 3.05) is 5.32 Å². The van der Waals surface area contributed by atoms with Crippen molar-refractivity contribution in [3.63, 3.8) is 0 Å². The maximum atomic E-state index is 10.8. The van der Waals surface area contributed by atoms with Crippen LogP contribution in [0.15, 0.2) is 30.7 Å². The smallest absolute Gasteiger partial charge is 0.335 e. The van der Waals surface area contributed by atoms with Gasteiger partial charge in [0.05, 0.1) is 23.5 Å². The predicted octanol–water partition coefficient (Wildman–Crippen LogP) is 1.49. The van der Waals surface area contributed by atoms with E-state index in [2.05, 4.69) is 20.3 Å². The molecule has 2 heterocycles. The molecule has 0 aliphatic heterocycles. The number of hydrogen-bond donors (Lipinski definition) is 2. The van der Waals surface area contributed by atoms with Gasteiger partial charge in [-0.05, 0) is 19.1 Å². The van der Waals surface area contributed by atoms with Crippen molar-refractivity contribution in [2.24, 2.45) is 0 Å². The number of carboxylic acid groups (broad SMARTS) is 1. The third-order valence-corrected chi connectivity index (χ3v) is 2.38. The lowest BCUT2D eigenvalue weighted by Gasteiger charge is -2.07. The van der Waals surface area contributed by atoms with Crippen molar-refractivity contribution in [2.45, 2.75) is 13.5 Å². The Morgan fingerprint density at radius 1 is 1.28 bits per heavy atom. The quantitative estimate of drug-likeness (QED) is 0.847. The van der Waals surface area contributed by atoms with Crippen LogP contribution in [0.4, 0.5) is 5.82 Å². The molecule has 0 aromatic carbocycles. The summed E-state index contributed by atoms with van der Waals surface area (Å²) in [4.78, 5) is 23.1. The summed E-state index contributed by atoms with van der Waals surface area (Å²) in [6.07, 6.45) is 4.68. The number of hydrogen-bond acceptors (Lipinski definition) is 5. The minimum Gasteiger partial charge on any atom is -0.478 e. The van der Waals surface area contributed by atoms with Gasteiger partial charge in [0.25, 0.3) is 0 Å². The van der Waals surface area contributed by atoms with Crippen molar-refractivity contribution in [3.8, 4) is 0 Å². The van der Waals surface area contributed by atoms with Crippen LogP contribution in [0.2, 0.25) is 0 Å². The number of aromatic nitrogens is 3. The number of carbonyl (C=O) groups is 1. The lowest BCUT2D eigenvalue weighted by atomic mass is 10.2.